The summed E-state index contributed by atoms with van der Waals surface area (Å²) in [5.74, 6) is 1.65. The molecule has 17 heavy (non-hydrogen) atoms. The van der Waals surface area contributed by atoms with Gasteiger partial charge in [-0.05, 0) is 31.4 Å². The van der Waals surface area contributed by atoms with E-state index in [1.807, 2.05) is 18.2 Å². The molecule has 1 aliphatic heterocycles. The molecule has 2 rings (SSSR count). The normalized spacial score (nSPS) is 26.7. The molecule has 0 saturated carbocycles. The van der Waals surface area contributed by atoms with Crippen LogP contribution in [0.25, 0.3) is 0 Å². The van der Waals surface area contributed by atoms with Crippen LogP contribution in [0.1, 0.15) is 31.4 Å². The summed E-state index contributed by atoms with van der Waals surface area (Å²) in [6.45, 7) is 2.13. The van der Waals surface area contributed by atoms with Crippen LogP contribution in [0.15, 0.2) is 24.3 Å². The van der Waals surface area contributed by atoms with Gasteiger partial charge >= 0.3 is 0 Å². The van der Waals surface area contributed by atoms with E-state index in [1.54, 1.807) is 0 Å². The summed E-state index contributed by atoms with van der Waals surface area (Å²) >= 11 is 6.17. The number of benzene rings is 1. The van der Waals surface area contributed by atoms with E-state index in [4.69, 9.17) is 11.6 Å². The molecule has 1 heterocycles. The van der Waals surface area contributed by atoms with Gasteiger partial charge in [0.05, 0.1) is 0 Å². The van der Waals surface area contributed by atoms with Gasteiger partial charge in [0.1, 0.15) is 0 Å². The fourth-order valence-electron chi connectivity index (χ4n) is 2.23. The molecule has 1 atom stereocenters. The standard InChI is InChI=1S/C13H18ClNOS/c1-10(12-4-2-3-5-13(12)14)15-11-6-8-17(16)9-7-11/h2-5,10-11,15H,6-9H2,1H3/t10-,11?,17?/m1/s1. The zero-order chi connectivity index (χ0) is 12.3. The second kappa shape index (κ2) is 5.98. The van der Waals surface area contributed by atoms with Crippen molar-refractivity contribution in [2.45, 2.75) is 31.8 Å². The fourth-order valence-corrected chi connectivity index (χ4v) is 3.83. The molecule has 1 N–H and O–H groups in total. The number of halogens is 1. The van der Waals surface area contributed by atoms with Crippen LogP contribution in [-0.4, -0.2) is 21.8 Å². The van der Waals surface area contributed by atoms with Gasteiger partial charge in [-0.1, -0.05) is 29.8 Å². The summed E-state index contributed by atoms with van der Waals surface area (Å²) in [6.07, 6.45) is 2.00. The molecule has 1 aliphatic rings. The molecule has 0 unspecified atom stereocenters. The highest BCUT2D eigenvalue weighted by atomic mass is 35.5. The van der Waals surface area contributed by atoms with Crippen molar-refractivity contribution in [2.75, 3.05) is 11.5 Å². The maximum atomic E-state index is 11.3. The summed E-state index contributed by atoms with van der Waals surface area (Å²) in [5, 5.41) is 4.39. The Kier molecular flexibility index (Phi) is 4.60. The van der Waals surface area contributed by atoms with Crippen LogP contribution in [0.4, 0.5) is 0 Å². The first-order chi connectivity index (χ1) is 8.16. The molecular formula is C13H18ClNOS. The first-order valence-electron chi connectivity index (χ1n) is 6.02. The van der Waals surface area contributed by atoms with Crippen molar-refractivity contribution < 1.29 is 4.21 Å². The first-order valence-corrected chi connectivity index (χ1v) is 7.89. The van der Waals surface area contributed by atoms with Crippen LogP contribution in [0, 0.1) is 0 Å². The van der Waals surface area contributed by atoms with Crippen LogP contribution in [0.3, 0.4) is 0 Å². The molecule has 1 aromatic carbocycles. The highest BCUT2D eigenvalue weighted by Crippen LogP contribution is 2.23. The molecule has 1 aromatic rings. The molecular weight excluding hydrogens is 254 g/mol. The van der Waals surface area contributed by atoms with Gasteiger partial charge in [-0.25, -0.2) is 0 Å². The third-order valence-corrected chi connectivity index (χ3v) is 4.97. The minimum Gasteiger partial charge on any atom is -0.307 e. The summed E-state index contributed by atoms with van der Waals surface area (Å²) in [6, 6.07) is 8.66. The Balaban J connectivity index is 1.95. The number of rotatable bonds is 3. The quantitative estimate of drug-likeness (QED) is 0.916. The van der Waals surface area contributed by atoms with Gasteiger partial charge in [0.25, 0.3) is 0 Å². The van der Waals surface area contributed by atoms with Gasteiger partial charge < -0.3 is 5.32 Å². The van der Waals surface area contributed by atoms with Crippen LogP contribution in [0.5, 0.6) is 0 Å². The van der Waals surface area contributed by atoms with E-state index in [-0.39, 0.29) is 6.04 Å². The van der Waals surface area contributed by atoms with Gasteiger partial charge in [-0.3, -0.25) is 4.21 Å². The van der Waals surface area contributed by atoms with Gasteiger partial charge in [-0.15, -0.1) is 0 Å². The smallest absolute Gasteiger partial charge is 0.0453 e. The van der Waals surface area contributed by atoms with E-state index in [1.165, 1.54) is 0 Å². The van der Waals surface area contributed by atoms with Crippen molar-refractivity contribution >= 4 is 22.4 Å². The van der Waals surface area contributed by atoms with Crippen molar-refractivity contribution in [2.24, 2.45) is 0 Å². The van der Waals surface area contributed by atoms with Crippen molar-refractivity contribution in [3.8, 4) is 0 Å². The number of hydrogen-bond acceptors (Lipinski definition) is 2. The Morgan fingerprint density at radius 1 is 1.35 bits per heavy atom. The van der Waals surface area contributed by atoms with Crippen LogP contribution < -0.4 is 5.32 Å². The highest BCUT2D eigenvalue weighted by Gasteiger charge is 2.20. The average molecular weight is 272 g/mol. The van der Waals surface area contributed by atoms with Crippen LogP contribution in [0.2, 0.25) is 5.02 Å². The zero-order valence-electron chi connectivity index (χ0n) is 9.99. The lowest BCUT2D eigenvalue weighted by Gasteiger charge is -2.27. The lowest BCUT2D eigenvalue weighted by atomic mass is 10.1. The SMILES string of the molecule is C[C@@H](NC1CCS(=O)CC1)c1ccccc1Cl. The number of hydrogen-bond donors (Lipinski definition) is 1. The number of nitrogens with one attached hydrogen (secondary N) is 1. The second-order valence-corrected chi connectivity index (χ2v) is 6.64. The van der Waals surface area contributed by atoms with E-state index < -0.39 is 10.8 Å². The Labute approximate surface area is 110 Å². The molecule has 2 nitrogen and oxygen atoms in total. The second-order valence-electron chi connectivity index (χ2n) is 4.53. The summed E-state index contributed by atoms with van der Waals surface area (Å²) in [7, 11) is -0.591. The predicted octanol–water partition coefficient (Wildman–Crippen LogP) is 2.90. The van der Waals surface area contributed by atoms with Crippen LogP contribution >= 0.6 is 11.6 Å². The maximum absolute atomic E-state index is 11.3. The molecule has 0 radical (unpaired) electrons. The Hall–Kier alpha value is -0.380. The van der Waals surface area contributed by atoms with Gasteiger partial charge in [0.15, 0.2) is 0 Å². The van der Waals surface area contributed by atoms with E-state index in [0.29, 0.717) is 6.04 Å². The van der Waals surface area contributed by atoms with E-state index in [2.05, 4.69) is 18.3 Å². The van der Waals surface area contributed by atoms with Crippen molar-refractivity contribution in [3.05, 3.63) is 34.9 Å². The molecule has 1 saturated heterocycles. The van der Waals surface area contributed by atoms with E-state index >= 15 is 0 Å². The minimum atomic E-state index is -0.591. The topological polar surface area (TPSA) is 29.1 Å². The Morgan fingerprint density at radius 3 is 2.65 bits per heavy atom. The fraction of sp³-hybridized carbons (Fsp3) is 0.538. The molecule has 1 fully saturated rings. The van der Waals surface area contributed by atoms with Gasteiger partial charge in [0, 0.05) is 39.4 Å². The molecule has 0 bridgehead atoms. The average Bonchev–Trinajstić information content (AvgIpc) is 2.32. The van der Waals surface area contributed by atoms with Gasteiger partial charge in [0.2, 0.25) is 0 Å². The minimum absolute atomic E-state index is 0.250. The molecule has 0 aliphatic carbocycles. The largest absolute Gasteiger partial charge is 0.307 e. The lowest BCUT2D eigenvalue weighted by molar-refractivity contribution is 0.427. The summed E-state index contributed by atoms with van der Waals surface area (Å²) in [4.78, 5) is 0. The molecule has 0 spiro atoms. The zero-order valence-corrected chi connectivity index (χ0v) is 11.6. The monoisotopic (exact) mass is 271 g/mol. The summed E-state index contributed by atoms with van der Waals surface area (Å²) in [5.41, 5.74) is 1.14. The molecule has 0 aromatic heterocycles. The highest BCUT2D eigenvalue weighted by molar-refractivity contribution is 7.85. The third kappa shape index (κ3) is 3.54. The Morgan fingerprint density at radius 2 is 2.00 bits per heavy atom. The van der Waals surface area contributed by atoms with E-state index in [9.17, 15) is 4.21 Å². The lowest BCUT2D eigenvalue weighted by Crippen LogP contribution is -2.37. The van der Waals surface area contributed by atoms with Crippen molar-refractivity contribution in [1.82, 2.24) is 5.32 Å². The molecule has 4 heteroatoms. The van der Waals surface area contributed by atoms with Crippen LogP contribution in [-0.2, 0) is 10.8 Å². The van der Waals surface area contributed by atoms with E-state index in [0.717, 1.165) is 34.9 Å². The Bertz CT molecular complexity index is 400. The first kappa shape index (κ1) is 13.1. The van der Waals surface area contributed by atoms with Crippen molar-refractivity contribution in [1.29, 1.82) is 0 Å². The predicted molar refractivity (Wildman–Crippen MR) is 73.9 cm³/mol. The maximum Gasteiger partial charge on any atom is 0.0453 e. The van der Waals surface area contributed by atoms with Crippen molar-refractivity contribution in [3.63, 3.8) is 0 Å². The van der Waals surface area contributed by atoms with Gasteiger partial charge in [-0.2, -0.15) is 0 Å². The summed E-state index contributed by atoms with van der Waals surface area (Å²) < 4.78 is 11.3. The molecule has 94 valence electrons. The third-order valence-electron chi connectivity index (χ3n) is 3.25. The molecule has 0 amide bonds.